The highest BCUT2D eigenvalue weighted by atomic mass is 16.6. The van der Waals surface area contributed by atoms with E-state index in [1.165, 1.54) is 0 Å². The lowest BCUT2D eigenvalue weighted by molar-refractivity contribution is -0.146. The number of fused-ring (bicyclic) bond motifs is 1. The second-order valence-electron chi connectivity index (χ2n) is 13.3. The number of pyridine rings is 1. The van der Waals surface area contributed by atoms with E-state index < -0.39 is 11.5 Å². The number of nitrogens with zero attached hydrogens (tertiary/aromatic N) is 4. The number of imidazole rings is 1. The van der Waals surface area contributed by atoms with E-state index in [0.717, 1.165) is 85.2 Å². The van der Waals surface area contributed by atoms with Gasteiger partial charge in [-0.2, -0.15) is 0 Å². The SMILES string of the molecule is CCOC(=O)[C@H](Cc1ccc(-n2c([C@@H]3CCCCN3C(=O)OCc3ccccc3)nc3cccnc32)cc1)NC1=CC(=O)C12CCCCC2. The van der Waals surface area contributed by atoms with E-state index in [1.54, 1.807) is 24.1 Å². The minimum absolute atomic E-state index is 0.166. The molecule has 3 aliphatic rings. The largest absolute Gasteiger partial charge is 0.464 e. The van der Waals surface area contributed by atoms with Gasteiger partial charge in [0.15, 0.2) is 11.4 Å². The van der Waals surface area contributed by atoms with Gasteiger partial charge in [-0.05, 0) is 74.4 Å². The van der Waals surface area contributed by atoms with E-state index >= 15 is 0 Å². The lowest BCUT2D eigenvalue weighted by Gasteiger charge is -2.44. The number of hydrogen-bond acceptors (Lipinski definition) is 8. The monoisotopic (exact) mass is 661 g/mol. The number of carbonyl (C=O) groups excluding carboxylic acids is 3. The Balaban J connectivity index is 1.14. The zero-order valence-electron chi connectivity index (χ0n) is 28.0. The van der Waals surface area contributed by atoms with Crippen molar-refractivity contribution in [3.63, 3.8) is 0 Å². The van der Waals surface area contributed by atoms with Crippen LogP contribution in [0, 0.1) is 5.41 Å². The van der Waals surface area contributed by atoms with E-state index in [2.05, 4.69) is 5.32 Å². The molecule has 1 spiro atoms. The maximum Gasteiger partial charge on any atom is 0.410 e. The van der Waals surface area contributed by atoms with Gasteiger partial charge < -0.3 is 14.8 Å². The second-order valence-corrected chi connectivity index (χ2v) is 13.3. The molecule has 1 amide bonds. The number of likely N-dealkylation sites (tertiary alicyclic amines) is 1. The molecule has 0 radical (unpaired) electrons. The van der Waals surface area contributed by atoms with E-state index in [4.69, 9.17) is 19.4 Å². The van der Waals surface area contributed by atoms with Crippen LogP contribution in [0.15, 0.2) is 84.7 Å². The zero-order chi connectivity index (χ0) is 33.8. The van der Waals surface area contributed by atoms with Crippen LogP contribution in [-0.2, 0) is 32.1 Å². The van der Waals surface area contributed by atoms with Crippen LogP contribution in [-0.4, -0.2) is 56.5 Å². The van der Waals surface area contributed by atoms with Crippen molar-refractivity contribution < 1.29 is 23.9 Å². The van der Waals surface area contributed by atoms with Gasteiger partial charge in [0.2, 0.25) is 0 Å². The third-order valence-corrected chi connectivity index (χ3v) is 10.2. The van der Waals surface area contributed by atoms with Gasteiger partial charge in [0, 0.05) is 36.6 Å². The number of piperidine rings is 1. The van der Waals surface area contributed by atoms with Gasteiger partial charge in [-0.3, -0.25) is 14.3 Å². The normalized spacial score (nSPS) is 19.2. The molecule has 2 atom stereocenters. The molecule has 2 fully saturated rings. The third kappa shape index (κ3) is 6.56. The van der Waals surface area contributed by atoms with Crippen molar-refractivity contribution in [2.45, 2.75) is 83.4 Å². The average Bonchev–Trinajstić information content (AvgIpc) is 3.54. The molecule has 2 aromatic carbocycles. The van der Waals surface area contributed by atoms with E-state index in [0.29, 0.717) is 18.6 Å². The summed E-state index contributed by atoms with van der Waals surface area (Å²) < 4.78 is 13.3. The number of esters is 1. The van der Waals surface area contributed by atoms with Crippen molar-refractivity contribution in [3.05, 3.63) is 102 Å². The first-order valence-corrected chi connectivity index (χ1v) is 17.6. The summed E-state index contributed by atoms with van der Waals surface area (Å²) in [5, 5.41) is 3.42. The van der Waals surface area contributed by atoms with Gasteiger partial charge in [-0.25, -0.2) is 19.6 Å². The number of benzene rings is 2. The van der Waals surface area contributed by atoms with Gasteiger partial charge in [0.05, 0.1) is 18.1 Å². The Kier molecular flexibility index (Phi) is 9.46. The predicted octanol–water partition coefficient (Wildman–Crippen LogP) is 6.77. The van der Waals surface area contributed by atoms with Gasteiger partial charge in [0.1, 0.15) is 24.0 Å². The first kappa shape index (κ1) is 32.6. The number of allylic oxidation sites excluding steroid dienone is 2. The maximum absolute atomic E-state index is 13.5. The molecule has 10 heteroatoms. The molecule has 3 heterocycles. The molecule has 2 aliphatic carbocycles. The minimum atomic E-state index is -0.618. The zero-order valence-corrected chi connectivity index (χ0v) is 28.0. The lowest BCUT2D eigenvalue weighted by atomic mass is 9.62. The van der Waals surface area contributed by atoms with Crippen LogP contribution in [0.2, 0.25) is 0 Å². The highest BCUT2D eigenvalue weighted by Gasteiger charge is 2.49. The number of ether oxygens (including phenoxy) is 2. The molecule has 49 heavy (non-hydrogen) atoms. The van der Waals surface area contributed by atoms with Gasteiger partial charge in [0.25, 0.3) is 0 Å². The molecule has 254 valence electrons. The van der Waals surface area contributed by atoms with Crippen molar-refractivity contribution in [1.82, 2.24) is 24.8 Å². The van der Waals surface area contributed by atoms with E-state index in [-0.39, 0.29) is 37.1 Å². The Morgan fingerprint density at radius 1 is 0.939 bits per heavy atom. The van der Waals surface area contributed by atoms with Crippen LogP contribution in [0.4, 0.5) is 4.79 Å². The summed E-state index contributed by atoms with van der Waals surface area (Å²) in [6, 6.07) is 20.6. The van der Waals surface area contributed by atoms with E-state index in [1.807, 2.05) is 71.3 Å². The molecule has 4 aromatic rings. The highest BCUT2D eigenvalue weighted by Crippen LogP contribution is 2.48. The fraction of sp³-hybridized carbons (Fsp3) is 0.410. The molecule has 1 N–H and O–H groups in total. The first-order valence-electron chi connectivity index (χ1n) is 17.6. The number of rotatable bonds is 10. The van der Waals surface area contributed by atoms with Crippen LogP contribution < -0.4 is 5.32 Å². The number of hydrogen-bond donors (Lipinski definition) is 1. The molecular weight excluding hydrogens is 618 g/mol. The molecule has 2 aromatic heterocycles. The van der Waals surface area contributed by atoms with Crippen molar-refractivity contribution in [1.29, 1.82) is 0 Å². The molecule has 7 rings (SSSR count). The highest BCUT2D eigenvalue weighted by molar-refractivity contribution is 6.05. The Hall–Kier alpha value is -4.99. The van der Waals surface area contributed by atoms with Gasteiger partial charge in [-0.15, -0.1) is 0 Å². The number of carbonyl (C=O) groups is 3. The topological polar surface area (TPSA) is 116 Å². The lowest BCUT2D eigenvalue weighted by Crippen LogP contribution is -2.52. The molecular formula is C39H43N5O5. The maximum atomic E-state index is 13.5. The summed E-state index contributed by atoms with van der Waals surface area (Å²) in [4.78, 5) is 50.8. The Bertz CT molecular complexity index is 1840. The Morgan fingerprint density at radius 3 is 2.49 bits per heavy atom. The summed E-state index contributed by atoms with van der Waals surface area (Å²) in [6.07, 6.45) is 10.9. The second kappa shape index (κ2) is 14.2. The Labute approximate surface area is 286 Å². The third-order valence-electron chi connectivity index (χ3n) is 10.2. The quantitative estimate of drug-likeness (QED) is 0.185. The summed E-state index contributed by atoms with van der Waals surface area (Å²) in [7, 11) is 0. The van der Waals surface area contributed by atoms with Crippen LogP contribution in [0.25, 0.3) is 16.9 Å². The summed E-state index contributed by atoms with van der Waals surface area (Å²) in [6.45, 7) is 2.87. The minimum Gasteiger partial charge on any atom is -0.464 e. The fourth-order valence-electron chi connectivity index (χ4n) is 7.58. The van der Waals surface area contributed by atoms with Gasteiger partial charge in [-0.1, -0.05) is 61.7 Å². The fourth-order valence-corrected chi connectivity index (χ4v) is 7.58. The summed E-state index contributed by atoms with van der Waals surface area (Å²) >= 11 is 0. The summed E-state index contributed by atoms with van der Waals surface area (Å²) in [5.74, 6) is 0.573. The van der Waals surface area contributed by atoms with Gasteiger partial charge >= 0.3 is 12.1 Å². The van der Waals surface area contributed by atoms with Crippen molar-refractivity contribution >= 4 is 29.0 Å². The smallest absolute Gasteiger partial charge is 0.410 e. The standard InChI is InChI=1S/C39H43N5O5/c1-2-48-37(46)31(41-33-25-34(45)39(33)20-8-4-9-21-39)24-27-16-18-29(19-17-27)44-35-30(14-11-22-40-35)42-36(44)32-15-7-10-23-43(32)38(47)49-26-28-12-5-3-6-13-28/h3,5-6,11-14,16-19,22,25,31-32,41H,2,4,7-10,15,20-21,23-24,26H2,1H3/t31-,32-/m0/s1. The van der Waals surface area contributed by atoms with Crippen LogP contribution in [0.1, 0.15) is 81.3 Å². The van der Waals surface area contributed by atoms with Crippen LogP contribution in [0.5, 0.6) is 0 Å². The Morgan fingerprint density at radius 2 is 1.73 bits per heavy atom. The van der Waals surface area contributed by atoms with Crippen molar-refractivity contribution in [3.8, 4) is 5.69 Å². The summed E-state index contributed by atoms with van der Waals surface area (Å²) in [5.41, 5.74) is 4.59. The van der Waals surface area contributed by atoms with Crippen LogP contribution >= 0.6 is 0 Å². The van der Waals surface area contributed by atoms with Crippen molar-refractivity contribution in [2.75, 3.05) is 13.2 Å². The number of nitrogens with one attached hydrogen (secondary N) is 1. The number of aromatic nitrogens is 3. The molecule has 1 saturated carbocycles. The van der Waals surface area contributed by atoms with Crippen LogP contribution in [0.3, 0.4) is 0 Å². The average molecular weight is 662 g/mol. The molecule has 0 unspecified atom stereocenters. The molecule has 1 aliphatic heterocycles. The molecule has 10 nitrogen and oxygen atoms in total. The predicted molar refractivity (Wildman–Crippen MR) is 185 cm³/mol. The molecule has 0 bridgehead atoms. The first-order chi connectivity index (χ1) is 24.0. The van der Waals surface area contributed by atoms with Crippen molar-refractivity contribution in [2.24, 2.45) is 5.41 Å². The number of amides is 1. The van der Waals surface area contributed by atoms with E-state index in [9.17, 15) is 14.4 Å². The number of ketones is 1. The molecule has 1 saturated heterocycles.